The van der Waals surface area contributed by atoms with Crippen LogP contribution in [-0.4, -0.2) is 13.0 Å². The quantitative estimate of drug-likeness (QED) is 0.859. The number of fused-ring (bicyclic) bond motifs is 1. The van der Waals surface area contributed by atoms with Gasteiger partial charge in [0.05, 0.1) is 7.11 Å². The van der Waals surface area contributed by atoms with Crippen molar-refractivity contribution in [1.29, 1.82) is 0 Å². The van der Waals surface area contributed by atoms with Gasteiger partial charge in [-0.3, -0.25) is 4.79 Å². The summed E-state index contributed by atoms with van der Waals surface area (Å²) in [5, 5.41) is 2.05. The molecule has 0 fully saturated rings. The van der Waals surface area contributed by atoms with E-state index in [0.717, 1.165) is 16.3 Å². The molecule has 18 heavy (non-hydrogen) atoms. The van der Waals surface area contributed by atoms with Crippen molar-refractivity contribution in [3.05, 3.63) is 42.0 Å². The lowest BCUT2D eigenvalue weighted by Crippen LogP contribution is -2.21. The maximum atomic E-state index is 11.0. The fourth-order valence-corrected chi connectivity index (χ4v) is 2.15. The number of primary amides is 1. The lowest BCUT2D eigenvalue weighted by molar-refractivity contribution is -0.118. The van der Waals surface area contributed by atoms with Gasteiger partial charge in [-0.05, 0) is 16.8 Å². The summed E-state index contributed by atoms with van der Waals surface area (Å²) in [4.78, 5) is 11.0. The van der Waals surface area contributed by atoms with E-state index in [1.54, 1.807) is 7.11 Å². The lowest BCUT2D eigenvalue weighted by atomic mass is 9.96. The summed E-state index contributed by atoms with van der Waals surface area (Å²) in [6, 6.07) is 11.2. The fourth-order valence-electron chi connectivity index (χ4n) is 2.15. The molecular formula is C14H16N2O2. The molecule has 0 unspecified atom stereocenters. The number of rotatable bonds is 4. The summed E-state index contributed by atoms with van der Waals surface area (Å²) in [5.74, 6) is 0.264. The van der Waals surface area contributed by atoms with Crippen molar-refractivity contribution in [2.24, 2.45) is 11.5 Å². The van der Waals surface area contributed by atoms with E-state index in [0.29, 0.717) is 5.75 Å². The minimum absolute atomic E-state index is 0.102. The Kier molecular flexibility index (Phi) is 3.48. The molecule has 0 bridgehead atoms. The van der Waals surface area contributed by atoms with Crippen LogP contribution in [0.2, 0.25) is 0 Å². The number of benzene rings is 2. The second-order valence-corrected chi connectivity index (χ2v) is 4.18. The summed E-state index contributed by atoms with van der Waals surface area (Å²) in [7, 11) is 1.59. The van der Waals surface area contributed by atoms with Gasteiger partial charge in [0, 0.05) is 18.0 Å². The Labute approximate surface area is 106 Å². The van der Waals surface area contributed by atoms with Crippen LogP contribution in [0.1, 0.15) is 18.0 Å². The Balaban J connectivity index is 2.60. The van der Waals surface area contributed by atoms with Crippen molar-refractivity contribution in [1.82, 2.24) is 0 Å². The van der Waals surface area contributed by atoms with E-state index in [4.69, 9.17) is 16.2 Å². The number of nitrogens with two attached hydrogens (primary N) is 2. The number of methoxy groups -OCH3 is 1. The molecule has 0 aromatic heterocycles. The van der Waals surface area contributed by atoms with Gasteiger partial charge in [0.25, 0.3) is 0 Å². The molecule has 4 nitrogen and oxygen atoms in total. The van der Waals surface area contributed by atoms with Crippen molar-refractivity contribution in [2.75, 3.05) is 7.11 Å². The van der Waals surface area contributed by atoms with Crippen molar-refractivity contribution in [3.63, 3.8) is 0 Å². The van der Waals surface area contributed by atoms with Gasteiger partial charge in [0.15, 0.2) is 0 Å². The van der Waals surface area contributed by atoms with E-state index in [1.807, 2.05) is 36.4 Å². The predicted octanol–water partition coefficient (Wildman–Crippen LogP) is 1.72. The van der Waals surface area contributed by atoms with Crippen LogP contribution in [0.4, 0.5) is 0 Å². The highest BCUT2D eigenvalue weighted by Gasteiger charge is 2.17. The monoisotopic (exact) mass is 244 g/mol. The van der Waals surface area contributed by atoms with Gasteiger partial charge in [-0.1, -0.05) is 30.3 Å². The summed E-state index contributed by atoms with van der Waals surface area (Å²) >= 11 is 0. The third-order valence-corrected chi connectivity index (χ3v) is 2.94. The number of hydrogen-bond acceptors (Lipinski definition) is 3. The zero-order chi connectivity index (χ0) is 13.1. The standard InChI is InChI=1S/C14H16N2O2/c1-18-12-7-6-9-4-2-3-5-10(9)14(12)11(15)8-13(16)17/h2-7,11H,8,15H2,1H3,(H2,16,17)/t11-/m0/s1. The molecule has 4 N–H and O–H groups in total. The molecule has 2 aromatic carbocycles. The van der Waals surface area contributed by atoms with Crippen LogP contribution >= 0.6 is 0 Å². The average Bonchev–Trinajstić information content (AvgIpc) is 2.36. The third-order valence-electron chi connectivity index (χ3n) is 2.94. The van der Waals surface area contributed by atoms with E-state index < -0.39 is 11.9 Å². The van der Waals surface area contributed by atoms with E-state index >= 15 is 0 Å². The topological polar surface area (TPSA) is 78.3 Å². The largest absolute Gasteiger partial charge is 0.496 e. The number of ether oxygens (including phenoxy) is 1. The Morgan fingerprint density at radius 3 is 2.67 bits per heavy atom. The molecule has 0 saturated heterocycles. The van der Waals surface area contributed by atoms with Crippen molar-refractivity contribution >= 4 is 16.7 Å². The molecule has 0 aliphatic rings. The van der Waals surface area contributed by atoms with Gasteiger partial charge in [-0.25, -0.2) is 0 Å². The summed E-state index contributed by atoms with van der Waals surface area (Å²) < 4.78 is 5.32. The maximum absolute atomic E-state index is 11.0. The molecular weight excluding hydrogens is 228 g/mol. The highest BCUT2D eigenvalue weighted by atomic mass is 16.5. The van der Waals surface area contributed by atoms with Gasteiger partial charge < -0.3 is 16.2 Å². The molecule has 0 aliphatic heterocycles. The Bertz CT molecular complexity index is 581. The predicted molar refractivity (Wildman–Crippen MR) is 71.2 cm³/mol. The lowest BCUT2D eigenvalue weighted by Gasteiger charge is -2.17. The van der Waals surface area contributed by atoms with Crippen LogP contribution in [0.15, 0.2) is 36.4 Å². The van der Waals surface area contributed by atoms with E-state index in [9.17, 15) is 4.79 Å². The molecule has 0 saturated carbocycles. The molecule has 4 heteroatoms. The van der Waals surface area contributed by atoms with Crippen LogP contribution in [0.3, 0.4) is 0 Å². The number of amides is 1. The maximum Gasteiger partial charge on any atom is 0.219 e. The molecule has 1 atom stereocenters. The molecule has 94 valence electrons. The Hall–Kier alpha value is -2.07. The van der Waals surface area contributed by atoms with Crippen LogP contribution in [0.5, 0.6) is 5.75 Å². The number of hydrogen-bond donors (Lipinski definition) is 2. The first-order valence-electron chi connectivity index (χ1n) is 5.73. The van der Waals surface area contributed by atoms with Gasteiger partial charge in [-0.2, -0.15) is 0 Å². The minimum atomic E-state index is -0.455. The van der Waals surface area contributed by atoms with Crippen molar-refractivity contribution < 1.29 is 9.53 Å². The Morgan fingerprint density at radius 1 is 1.28 bits per heavy atom. The van der Waals surface area contributed by atoms with Crippen LogP contribution < -0.4 is 16.2 Å². The third kappa shape index (κ3) is 2.28. The molecule has 2 rings (SSSR count). The molecule has 1 amide bonds. The SMILES string of the molecule is COc1ccc2ccccc2c1[C@@H](N)CC(N)=O. The zero-order valence-corrected chi connectivity index (χ0v) is 10.2. The van der Waals surface area contributed by atoms with E-state index in [1.165, 1.54) is 0 Å². The molecule has 0 aliphatic carbocycles. The van der Waals surface area contributed by atoms with Crippen LogP contribution in [0.25, 0.3) is 10.8 Å². The molecule has 0 radical (unpaired) electrons. The highest BCUT2D eigenvalue weighted by Crippen LogP contribution is 2.33. The van der Waals surface area contributed by atoms with Gasteiger partial charge in [-0.15, -0.1) is 0 Å². The molecule has 0 heterocycles. The first kappa shape index (κ1) is 12.4. The van der Waals surface area contributed by atoms with E-state index in [2.05, 4.69) is 0 Å². The average molecular weight is 244 g/mol. The smallest absolute Gasteiger partial charge is 0.219 e. The number of carbonyl (C=O) groups is 1. The molecule has 2 aromatic rings. The minimum Gasteiger partial charge on any atom is -0.496 e. The van der Waals surface area contributed by atoms with Crippen molar-refractivity contribution in [2.45, 2.75) is 12.5 Å². The first-order chi connectivity index (χ1) is 8.63. The van der Waals surface area contributed by atoms with Gasteiger partial charge in [0.1, 0.15) is 5.75 Å². The zero-order valence-electron chi connectivity index (χ0n) is 10.2. The second-order valence-electron chi connectivity index (χ2n) is 4.18. The summed E-state index contributed by atoms with van der Waals surface area (Å²) in [6.07, 6.45) is 0.102. The second kappa shape index (κ2) is 5.06. The van der Waals surface area contributed by atoms with Crippen LogP contribution in [-0.2, 0) is 4.79 Å². The highest BCUT2D eigenvalue weighted by molar-refractivity contribution is 5.89. The summed E-state index contributed by atoms with van der Waals surface area (Å²) in [6.45, 7) is 0. The van der Waals surface area contributed by atoms with E-state index in [-0.39, 0.29) is 6.42 Å². The number of carbonyl (C=O) groups excluding carboxylic acids is 1. The van der Waals surface area contributed by atoms with Crippen LogP contribution in [0, 0.1) is 0 Å². The van der Waals surface area contributed by atoms with Gasteiger partial charge in [0.2, 0.25) is 5.91 Å². The first-order valence-corrected chi connectivity index (χ1v) is 5.73. The normalized spacial score (nSPS) is 12.3. The Morgan fingerprint density at radius 2 is 2.00 bits per heavy atom. The summed E-state index contributed by atoms with van der Waals surface area (Å²) in [5.41, 5.74) is 12.1. The van der Waals surface area contributed by atoms with Gasteiger partial charge >= 0.3 is 0 Å². The fraction of sp³-hybridized carbons (Fsp3) is 0.214. The van der Waals surface area contributed by atoms with Crippen molar-refractivity contribution in [3.8, 4) is 5.75 Å². The molecule has 0 spiro atoms.